The minimum absolute atomic E-state index is 0.347. The van der Waals surface area contributed by atoms with Gasteiger partial charge in [-0.1, -0.05) is 28.9 Å². The highest BCUT2D eigenvalue weighted by atomic mass is 79.9. The summed E-state index contributed by atoms with van der Waals surface area (Å²) in [6.45, 7) is 7.33. The number of nitrogens with zero attached hydrogens (tertiary/aromatic N) is 1. The summed E-state index contributed by atoms with van der Waals surface area (Å²) in [6.07, 6.45) is 0. The molecule has 4 nitrogen and oxygen atoms in total. The molecule has 0 aliphatic rings. The van der Waals surface area contributed by atoms with Crippen molar-refractivity contribution < 1.29 is 13.2 Å². The topological polar surface area (TPSA) is 46.6 Å². The number of benzene rings is 1. The van der Waals surface area contributed by atoms with E-state index in [0.29, 0.717) is 31.2 Å². The van der Waals surface area contributed by atoms with Gasteiger partial charge in [-0.25, -0.2) is 8.42 Å². The van der Waals surface area contributed by atoms with Crippen molar-refractivity contribution in [3.05, 3.63) is 28.2 Å². The molecule has 0 spiro atoms. The van der Waals surface area contributed by atoms with E-state index in [1.165, 1.54) is 4.31 Å². The minimum Gasteiger partial charge on any atom is -0.380 e. The second-order valence-electron chi connectivity index (χ2n) is 4.10. The van der Waals surface area contributed by atoms with Crippen LogP contribution < -0.4 is 0 Å². The molecule has 0 saturated heterocycles. The molecule has 6 heteroatoms. The van der Waals surface area contributed by atoms with E-state index in [4.69, 9.17) is 4.74 Å². The molecule has 0 bridgehead atoms. The van der Waals surface area contributed by atoms with Crippen LogP contribution in [0.4, 0.5) is 0 Å². The molecule has 1 aromatic rings. The second-order valence-corrected chi connectivity index (χ2v) is 6.93. The summed E-state index contributed by atoms with van der Waals surface area (Å²) in [5.74, 6) is 0. The number of hydrogen-bond donors (Lipinski definition) is 0. The lowest BCUT2D eigenvalue weighted by Crippen LogP contribution is -2.34. The summed E-state index contributed by atoms with van der Waals surface area (Å²) in [6, 6.07) is 5.28. The fourth-order valence-electron chi connectivity index (χ4n) is 1.75. The predicted molar refractivity (Wildman–Crippen MR) is 79.8 cm³/mol. The number of rotatable bonds is 7. The third-order valence-electron chi connectivity index (χ3n) is 2.81. The zero-order chi connectivity index (χ0) is 14.5. The molecule has 0 heterocycles. The lowest BCUT2D eigenvalue weighted by Gasteiger charge is -2.21. The van der Waals surface area contributed by atoms with Gasteiger partial charge in [0.15, 0.2) is 0 Å². The van der Waals surface area contributed by atoms with Crippen molar-refractivity contribution in [1.82, 2.24) is 4.31 Å². The van der Waals surface area contributed by atoms with Crippen molar-refractivity contribution in [2.24, 2.45) is 0 Å². The largest absolute Gasteiger partial charge is 0.380 e. The highest BCUT2D eigenvalue weighted by Gasteiger charge is 2.24. The number of halogens is 1. The van der Waals surface area contributed by atoms with Crippen LogP contribution in [-0.2, 0) is 14.8 Å². The number of likely N-dealkylation sites (N-methyl/N-ethyl adjacent to an activating group) is 1. The molecule has 0 unspecified atom stereocenters. The Bertz CT molecular complexity index is 517. The Labute approximate surface area is 123 Å². The van der Waals surface area contributed by atoms with Gasteiger partial charge in [0.2, 0.25) is 10.0 Å². The number of ether oxygens (including phenoxy) is 1. The van der Waals surface area contributed by atoms with Crippen LogP contribution in [0.3, 0.4) is 0 Å². The first kappa shape index (κ1) is 16.6. The Morgan fingerprint density at radius 2 is 2.00 bits per heavy atom. The Kier molecular flexibility index (Phi) is 6.46. The maximum Gasteiger partial charge on any atom is 0.243 e. The van der Waals surface area contributed by atoms with Gasteiger partial charge in [-0.05, 0) is 31.5 Å². The molecule has 0 radical (unpaired) electrons. The van der Waals surface area contributed by atoms with Gasteiger partial charge in [-0.3, -0.25) is 0 Å². The summed E-state index contributed by atoms with van der Waals surface area (Å²) < 4.78 is 32.6. The molecule has 108 valence electrons. The summed E-state index contributed by atoms with van der Waals surface area (Å²) in [5, 5.41) is 0. The Balaban J connectivity index is 3.03. The fourth-order valence-corrected chi connectivity index (χ4v) is 3.95. The second kappa shape index (κ2) is 7.38. The van der Waals surface area contributed by atoms with E-state index < -0.39 is 10.0 Å². The summed E-state index contributed by atoms with van der Waals surface area (Å²) in [7, 11) is -3.46. The highest BCUT2D eigenvalue weighted by molar-refractivity contribution is 9.10. The smallest absolute Gasteiger partial charge is 0.243 e. The summed E-state index contributed by atoms with van der Waals surface area (Å²) in [5.41, 5.74) is 0.748. The first-order valence-corrected chi connectivity index (χ1v) is 8.50. The van der Waals surface area contributed by atoms with Gasteiger partial charge in [0.1, 0.15) is 0 Å². The van der Waals surface area contributed by atoms with Crippen LogP contribution in [-0.4, -0.2) is 39.0 Å². The van der Waals surface area contributed by atoms with Crippen molar-refractivity contribution in [3.63, 3.8) is 0 Å². The van der Waals surface area contributed by atoms with E-state index in [1.807, 2.05) is 19.9 Å². The fraction of sp³-hybridized carbons (Fsp3) is 0.538. The lowest BCUT2D eigenvalue weighted by atomic mass is 10.2. The zero-order valence-electron chi connectivity index (χ0n) is 11.5. The third-order valence-corrected chi connectivity index (χ3v) is 5.42. The van der Waals surface area contributed by atoms with E-state index in [0.717, 1.165) is 10.0 Å². The van der Waals surface area contributed by atoms with Gasteiger partial charge in [0.25, 0.3) is 0 Å². The average Bonchev–Trinajstić information content (AvgIpc) is 2.37. The van der Waals surface area contributed by atoms with Crippen LogP contribution in [0.2, 0.25) is 0 Å². The van der Waals surface area contributed by atoms with Crippen LogP contribution in [0.1, 0.15) is 19.4 Å². The first-order valence-electron chi connectivity index (χ1n) is 6.27. The predicted octanol–water partition coefficient (Wildman–Crippen LogP) is 2.80. The lowest BCUT2D eigenvalue weighted by molar-refractivity contribution is 0.135. The molecule has 0 fully saturated rings. The normalized spacial score (nSPS) is 12.1. The highest BCUT2D eigenvalue weighted by Crippen LogP contribution is 2.23. The monoisotopic (exact) mass is 349 g/mol. The number of sulfonamides is 1. The molecule has 0 aliphatic heterocycles. The van der Waals surface area contributed by atoms with E-state index in [9.17, 15) is 8.42 Å². The van der Waals surface area contributed by atoms with Crippen LogP contribution in [0.25, 0.3) is 0 Å². The van der Waals surface area contributed by atoms with Crippen LogP contribution in [0.5, 0.6) is 0 Å². The molecule has 19 heavy (non-hydrogen) atoms. The van der Waals surface area contributed by atoms with Gasteiger partial charge < -0.3 is 4.74 Å². The maximum absolute atomic E-state index is 12.6. The van der Waals surface area contributed by atoms with Crippen molar-refractivity contribution in [3.8, 4) is 0 Å². The summed E-state index contributed by atoms with van der Waals surface area (Å²) >= 11 is 3.32. The van der Waals surface area contributed by atoms with E-state index in [2.05, 4.69) is 15.9 Å². The number of hydrogen-bond acceptors (Lipinski definition) is 3. The van der Waals surface area contributed by atoms with Gasteiger partial charge >= 0.3 is 0 Å². The van der Waals surface area contributed by atoms with Gasteiger partial charge in [0.05, 0.1) is 11.5 Å². The molecule has 0 aliphatic carbocycles. The van der Waals surface area contributed by atoms with Gasteiger partial charge in [-0.2, -0.15) is 4.31 Å². The van der Waals surface area contributed by atoms with Gasteiger partial charge in [0, 0.05) is 24.2 Å². The Morgan fingerprint density at radius 3 is 2.58 bits per heavy atom. The molecule has 0 N–H and O–H groups in total. The molecular formula is C13H20BrNO3S. The van der Waals surface area contributed by atoms with Gasteiger partial charge in [-0.15, -0.1) is 0 Å². The quantitative estimate of drug-likeness (QED) is 0.711. The molecule has 0 aromatic heterocycles. The number of aryl methyl sites for hydroxylation is 1. The first-order chi connectivity index (χ1) is 8.93. The third kappa shape index (κ3) is 4.27. The Morgan fingerprint density at radius 1 is 1.32 bits per heavy atom. The standard InChI is InChI=1S/C13H20BrNO3S/c1-4-15(8-9-18-5-2)19(16,17)13-10-12(14)7-6-11(13)3/h6-7,10H,4-5,8-9H2,1-3H3. The average molecular weight is 350 g/mol. The molecule has 0 amide bonds. The molecular weight excluding hydrogens is 330 g/mol. The van der Waals surface area contributed by atoms with E-state index >= 15 is 0 Å². The van der Waals surface area contributed by atoms with Crippen molar-refractivity contribution in [2.45, 2.75) is 25.7 Å². The van der Waals surface area contributed by atoms with Crippen molar-refractivity contribution >= 4 is 26.0 Å². The summed E-state index contributed by atoms with van der Waals surface area (Å²) in [4.78, 5) is 0.347. The van der Waals surface area contributed by atoms with Crippen LogP contribution in [0.15, 0.2) is 27.6 Å². The van der Waals surface area contributed by atoms with E-state index in [1.54, 1.807) is 19.1 Å². The van der Waals surface area contributed by atoms with Crippen LogP contribution in [0, 0.1) is 6.92 Å². The van der Waals surface area contributed by atoms with Crippen molar-refractivity contribution in [2.75, 3.05) is 26.3 Å². The molecule has 0 saturated carbocycles. The zero-order valence-corrected chi connectivity index (χ0v) is 13.9. The van der Waals surface area contributed by atoms with Crippen LogP contribution >= 0.6 is 15.9 Å². The molecule has 1 aromatic carbocycles. The SMILES string of the molecule is CCOCCN(CC)S(=O)(=O)c1cc(Br)ccc1C. The maximum atomic E-state index is 12.6. The molecule has 1 rings (SSSR count). The molecule has 0 atom stereocenters. The van der Waals surface area contributed by atoms with Crippen molar-refractivity contribution in [1.29, 1.82) is 0 Å². The minimum atomic E-state index is -3.46. The Hall–Kier alpha value is -0.430. The van der Waals surface area contributed by atoms with E-state index in [-0.39, 0.29) is 0 Å².